The second-order valence-electron chi connectivity index (χ2n) is 5.92. The normalized spacial score (nSPS) is 29.4. The molecule has 0 radical (unpaired) electrons. The fourth-order valence-corrected chi connectivity index (χ4v) is 3.54. The summed E-state index contributed by atoms with van der Waals surface area (Å²) < 4.78 is 0. The maximum atomic E-state index is 11.5. The quantitative estimate of drug-likeness (QED) is 0.872. The summed E-state index contributed by atoms with van der Waals surface area (Å²) in [5.74, 6) is 0. The van der Waals surface area contributed by atoms with Crippen molar-refractivity contribution in [3.63, 3.8) is 0 Å². The van der Waals surface area contributed by atoms with Crippen LogP contribution in [0.4, 0.5) is 4.79 Å². The van der Waals surface area contributed by atoms with Gasteiger partial charge in [0.15, 0.2) is 0 Å². The van der Waals surface area contributed by atoms with Crippen molar-refractivity contribution in [1.82, 2.24) is 9.80 Å². The van der Waals surface area contributed by atoms with Crippen LogP contribution in [0.15, 0.2) is 24.3 Å². The predicted molar refractivity (Wildman–Crippen MR) is 79.7 cm³/mol. The van der Waals surface area contributed by atoms with Crippen molar-refractivity contribution in [1.29, 1.82) is 0 Å². The summed E-state index contributed by atoms with van der Waals surface area (Å²) >= 11 is 5.88. The Kier molecular flexibility index (Phi) is 4.06. The third kappa shape index (κ3) is 3.15. The Balaban J connectivity index is 1.75. The summed E-state index contributed by atoms with van der Waals surface area (Å²) in [4.78, 5) is 15.2. The van der Waals surface area contributed by atoms with Gasteiger partial charge in [-0.2, -0.15) is 0 Å². The molecule has 2 aliphatic heterocycles. The van der Waals surface area contributed by atoms with Gasteiger partial charge >= 0.3 is 6.09 Å². The minimum atomic E-state index is -0.880. The molecule has 2 saturated heterocycles. The van der Waals surface area contributed by atoms with Gasteiger partial charge in [0.2, 0.25) is 0 Å². The molecular weight excluding hydrogens is 292 g/mol. The lowest BCUT2D eigenvalue weighted by Gasteiger charge is -2.42. The molecule has 2 aliphatic rings. The van der Waals surface area contributed by atoms with E-state index >= 15 is 0 Å². The summed E-state index contributed by atoms with van der Waals surface area (Å²) in [6, 6.07) is 7.60. The minimum Gasteiger partial charge on any atom is -0.465 e. The van der Waals surface area contributed by atoms with Crippen LogP contribution in [0.5, 0.6) is 0 Å². The number of halogens is 1. The number of benzene rings is 1. The molecule has 0 saturated carbocycles. The number of fused-ring (bicyclic) bond motifs is 1. The highest BCUT2D eigenvalue weighted by Crippen LogP contribution is 2.27. The first-order valence-electron chi connectivity index (χ1n) is 7.19. The molecular formula is C15H19ClN2O3. The van der Waals surface area contributed by atoms with E-state index in [9.17, 15) is 15.0 Å². The van der Waals surface area contributed by atoms with Gasteiger partial charge in [-0.05, 0) is 30.5 Å². The number of hydrogen-bond acceptors (Lipinski definition) is 3. The van der Waals surface area contributed by atoms with Crippen molar-refractivity contribution >= 4 is 17.7 Å². The summed E-state index contributed by atoms with van der Waals surface area (Å²) in [5.41, 5.74) is 1.08. The zero-order valence-corrected chi connectivity index (χ0v) is 12.4. The van der Waals surface area contributed by atoms with E-state index in [4.69, 9.17) is 11.6 Å². The van der Waals surface area contributed by atoms with E-state index in [1.807, 2.05) is 24.3 Å². The molecule has 6 heteroatoms. The standard InChI is InChI=1S/C15H19ClN2O3/c16-11-3-1-10(2-4-11)5-13-7-17-9-14(19)6-12(17)8-18(13)15(20)21/h1-4,12-14,19H,5-9H2,(H,20,21)/t12-,13-,14+/m0/s1. The van der Waals surface area contributed by atoms with Crippen molar-refractivity contribution < 1.29 is 15.0 Å². The van der Waals surface area contributed by atoms with Gasteiger partial charge in [0, 0.05) is 30.7 Å². The maximum Gasteiger partial charge on any atom is 0.407 e. The number of amides is 1. The van der Waals surface area contributed by atoms with Crippen LogP contribution in [0, 0.1) is 0 Å². The van der Waals surface area contributed by atoms with Crippen LogP contribution in [0.2, 0.25) is 5.02 Å². The summed E-state index contributed by atoms with van der Waals surface area (Å²) in [6.07, 6.45) is 0.121. The van der Waals surface area contributed by atoms with Crippen LogP contribution in [-0.2, 0) is 6.42 Å². The minimum absolute atomic E-state index is 0.0785. The van der Waals surface area contributed by atoms with Gasteiger partial charge in [-0.25, -0.2) is 4.79 Å². The smallest absolute Gasteiger partial charge is 0.407 e. The SMILES string of the molecule is O=C(O)N1C[C@@H]2C[C@@H](O)CN2C[C@@H]1Cc1ccc(Cl)cc1. The Morgan fingerprint density at radius 2 is 1.95 bits per heavy atom. The van der Waals surface area contributed by atoms with Crippen LogP contribution in [-0.4, -0.2) is 63.9 Å². The topological polar surface area (TPSA) is 64.0 Å². The number of rotatable bonds is 2. The molecule has 1 aromatic carbocycles. The fraction of sp³-hybridized carbons (Fsp3) is 0.533. The number of aliphatic hydroxyl groups excluding tert-OH is 1. The van der Waals surface area contributed by atoms with Crippen LogP contribution < -0.4 is 0 Å². The molecule has 21 heavy (non-hydrogen) atoms. The molecule has 2 fully saturated rings. The Morgan fingerprint density at radius 1 is 1.24 bits per heavy atom. The molecule has 2 N–H and O–H groups in total. The molecule has 0 aliphatic carbocycles. The van der Waals surface area contributed by atoms with Crippen LogP contribution >= 0.6 is 11.6 Å². The predicted octanol–water partition coefficient (Wildman–Crippen LogP) is 1.68. The van der Waals surface area contributed by atoms with Gasteiger partial charge in [0.1, 0.15) is 0 Å². The number of carboxylic acid groups (broad SMARTS) is 1. The second-order valence-corrected chi connectivity index (χ2v) is 6.35. The van der Waals surface area contributed by atoms with E-state index < -0.39 is 6.09 Å². The monoisotopic (exact) mass is 310 g/mol. The van der Waals surface area contributed by atoms with Gasteiger partial charge in [-0.1, -0.05) is 23.7 Å². The Hall–Kier alpha value is -1.30. The highest BCUT2D eigenvalue weighted by Gasteiger charge is 2.41. The number of aliphatic hydroxyl groups is 1. The molecule has 5 nitrogen and oxygen atoms in total. The molecule has 0 aromatic heterocycles. The van der Waals surface area contributed by atoms with E-state index in [0.717, 1.165) is 5.56 Å². The number of carbonyl (C=O) groups is 1. The van der Waals surface area contributed by atoms with Crippen molar-refractivity contribution in [2.75, 3.05) is 19.6 Å². The summed E-state index contributed by atoms with van der Waals surface area (Å²) in [5, 5.41) is 19.9. The molecule has 0 bridgehead atoms. The zero-order valence-electron chi connectivity index (χ0n) is 11.7. The Bertz CT molecular complexity index is 522. The van der Waals surface area contributed by atoms with E-state index in [2.05, 4.69) is 4.90 Å². The van der Waals surface area contributed by atoms with E-state index in [0.29, 0.717) is 37.5 Å². The molecule has 0 spiro atoms. The average Bonchev–Trinajstić information content (AvgIpc) is 2.79. The van der Waals surface area contributed by atoms with Gasteiger partial charge in [0.25, 0.3) is 0 Å². The Labute approximate surface area is 128 Å². The van der Waals surface area contributed by atoms with Crippen molar-refractivity contribution in [3.05, 3.63) is 34.9 Å². The van der Waals surface area contributed by atoms with Crippen LogP contribution in [0.3, 0.4) is 0 Å². The van der Waals surface area contributed by atoms with Crippen molar-refractivity contribution in [2.24, 2.45) is 0 Å². The average molecular weight is 311 g/mol. The lowest BCUT2D eigenvalue weighted by molar-refractivity contribution is 0.0496. The van der Waals surface area contributed by atoms with Crippen LogP contribution in [0.25, 0.3) is 0 Å². The molecule has 0 unspecified atom stereocenters. The van der Waals surface area contributed by atoms with E-state index in [-0.39, 0.29) is 18.2 Å². The molecule has 2 heterocycles. The highest BCUT2D eigenvalue weighted by molar-refractivity contribution is 6.30. The van der Waals surface area contributed by atoms with Gasteiger partial charge < -0.3 is 15.1 Å². The molecule has 1 amide bonds. The molecule has 1 aromatic rings. The molecule has 3 rings (SSSR count). The number of piperazine rings is 1. The fourth-order valence-electron chi connectivity index (χ4n) is 3.42. The third-order valence-corrected chi connectivity index (χ3v) is 4.68. The van der Waals surface area contributed by atoms with Crippen LogP contribution in [0.1, 0.15) is 12.0 Å². The van der Waals surface area contributed by atoms with Gasteiger partial charge in [0.05, 0.1) is 12.1 Å². The first-order chi connectivity index (χ1) is 10.0. The lowest BCUT2D eigenvalue weighted by atomic mass is 10.0. The maximum absolute atomic E-state index is 11.5. The third-order valence-electron chi connectivity index (χ3n) is 4.43. The highest BCUT2D eigenvalue weighted by atomic mass is 35.5. The first-order valence-corrected chi connectivity index (χ1v) is 7.57. The summed E-state index contributed by atoms with van der Waals surface area (Å²) in [6.45, 7) is 1.80. The van der Waals surface area contributed by atoms with Crippen molar-refractivity contribution in [2.45, 2.75) is 31.0 Å². The largest absolute Gasteiger partial charge is 0.465 e. The Morgan fingerprint density at radius 3 is 2.62 bits per heavy atom. The van der Waals surface area contributed by atoms with E-state index in [1.165, 1.54) is 4.90 Å². The van der Waals surface area contributed by atoms with Crippen molar-refractivity contribution in [3.8, 4) is 0 Å². The lowest BCUT2D eigenvalue weighted by Crippen LogP contribution is -2.58. The molecule has 114 valence electrons. The number of nitrogens with zero attached hydrogens (tertiary/aromatic N) is 2. The van der Waals surface area contributed by atoms with Gasteiger partial charge in [-0.15, -0.1) is 0 Å². The van der Waals surface area contributed by atoms with E-state index in [1.54, 1.807) is 0 Å². The molecule has 3 atom stereocenters. The zero-order chi connectivity index (χ0) is 15.0. The summed E-state index contributed by atoms with van der Waals surface area (Å²) in [7, 11) is 0. The number of hydrogen-bond donors (Lipinski definition) is 2. The first kappa shape index (κ1) is 14.6. The second kappa shape index (κ2) is 5.83. The van der Waals surface area contributed by atoms with Gasteiger partial charge in [-0.3, -0.25) is 4.90 Å².